The highest BCUT2D eigenvalue weighted by Gasteiger charge is 2.59. The number of hydrogen-bond acceptors (Lipinski definition) is 3. The fraction of sp³-hybridized carbons (Fsp3) is 0.700. The van der Waals surface area contributed by atoms with Crippen molar-refractivity contribution in [3.8, 4) is 0 Å². The molecule has 0 spiro atoms. The van der Waals surface area contributed by atoms with Crippen molar-refractivity contribution in [1.82, 2.24) is 0 Å². The van der Waals surface area contributed by atoms with Gasteiger partial charge in [-0.2, -0.15) is 0 Å². The smallest absolute Gasteiger partial charge is 0.190 e. The van der Waals surface area contributed by atoms with Gasteiger partial charge in [0.2, 0.25) is 0 Å². The predicted molar refractivity (Wildman–Crippen MR) is 47.1 cm³/mol. The highest BCUT2D eigenvalue weighted by molar-refractivity contribution is 6.02. The Morgan fingerprint density at radius 1 is 1.23 bits per heavy atom. The van der Waals surface area contributed by atoms with E-state index in [4.69, 9.17) is 0 Å². The van der Waals surface area contributed by atoms with Gasteiger partial charge in [0, 0.05) is 0 Å². The van der Waals surface area contributed by atoms with Crippen LogP contribution < -0.4 is 0 Å². The summed E-state index contributed by atoms with van der Waals surface area (Å²) >= 11 is 0. The molecule has 0 bridgehead atoms. The van der Waals surface area contributed by atoms with E-state index in [2.05, 4.69) is 0 Å². The number of carbonyl (C=O) groups excluding carboxylic acids is 1. The Morgan fingerprint density at radius 2 is 1.77 bits per heavy atom. The minimum absolute atomic E-state index is 0.327. The fourth-order valence-electron chi connectivity index (χ4n) is 2.46. The van der Waals surface area contributed by atoms with Crippen LogP contribution in [0.4, 0.5) is 0 Å². The minimum atomic E-state index is -1.52. The van der Waals surface area contributed by atoms with Crippen LogP contribution >= 0.6 is 0 Å². The number of hydrogen-bond donors (Lipinski definition) is 2. The molecule has 72 valence electrons. The summed E-state index contributed by atoms with van der Waals surface area (Å²) in [5.41, 5.74) is -2.18. The van der Waals surface area contributed by atoms with Gasteiger partial charge in [-0.05, 0) is 44.3 Å². The summed E-state index contributed by atoms with van der Waals surface area (Å²) in [7, 11) is 0. The van der Waals surface area contributed by atoms with E-state index in [0.29, 0.717) is 18.4 Å². The van der Waals surface area contributed by atoms with Gasteiger partial charge in [0.1, 0.15) is 5.60 Å². The third-order valence-corrected chi connectivity index (χ3v) is 3.42. The molecule has 2 N–H and O–H groups in total. The summed E-state index contributed by atoms with van der Waals surface area (Å²) in [6.07, 6.45) is 3.95. The van der Waals surface area contributed by atoms with Crippen LogP contribution in [0.5, 0.6) is 0 Å². The summed E-state index contributed by atoms with van der Waals surface area (Å²) in [4.78, 5) is 11.5. The quantitative estimate of drug-likeness (QED) is 0.575. The average Bonchev–Trinajstić information content (AvgIpc) is 2.25. The second kappa shape index (κ2) is 2.42. The van der Waals surface area contributed by atoms with E-state index in [0.717, 1.165) is 12.8 Å². The Hall–Kier alpha value is -0.670. The molecule has 0 aliphatic heterocycles. The van der Waals surface area contributed by atoms with Crippen molar-refractivity contribution in [1.29, 1.82) is 0 Å². The maximum atomic E-state index is 11.5. The molecule has 0 aromatic rings. The number of aliphatic hydroxyl groups is 2. The Kier molecular flexibility index (Phi) is 1.66. The molecule has 2 aliphatic rings. The van der Waals surface area contributed by atoms with Gasteiger partial charge >= 0.3 is 0 Å². The number of rotatable bonds is 0. The van der Waals surface area contributed by atoms with E-state index in [9.17, 15) is 15.0 Å². The van der Waals surface area contributed by atoms with Gasteiger partial charge in [0.25, 0.3) is 0 Å². The summed E-state index contributed by atoms with van der Waals surface area (Å²) in [6, 6.07) is 0. The van der Waals surface area contributed by atoms with Crippen LogP contribution in [-0.4, -0.2) is 27.2 Å². The molecule has 3 nitrogen and oxygen atoms in total. The van der Waals surface area contributed by atoms with Crippen LogP contribution in [-0.2, 0) is 4.79 Å². The summed E-state index contributed by atoms with van der Waals surface area (Å²) in [5.74, 6) is -0.327. The van der Waals surface area contributed by atoms with Gasteiger partial charge in [-0.25, -0.2) is 0 Å². The zero-order valence-electron chi connectivity index (χ0n) is 7.71. The molecule has 0 aromatic carbocycles. The monoisotopic (exact) mass is 182 g/mol. The van der Waals surface area contributed by atoms with Crippen LogP contribution in [0.3, 0.4) is 0 Å². The van der Waals surface area contributed by atoms with Gasteiger partial charge < -0.3 is 10.2 Å². The van der Waals surface area contributed by atoms with Crippen molar-refractivity contribution in [2.45, 2.75) is 43.8 Å². The third-order valence-electron chi connectivity index (χ3n) is 3.42. The lowest BCUT2D eigenvalue weighted by atomic mass is 9.71. The zero-order chi connectivity index (χ0) is 9.69. The van der Waals surface area contributed by atoms with Crippen LogP contribution in [0.1, 0.15) is 32.6 Å². The molecule has 0 amide bonds. The average molecular weight is 182 g/mol. The van der Waals surface area contributed by atoms with Crippen LogP contribution in [0.2, 0.25) is 0 Å². The van der Waals surface area contributed by atoms with Crippen LogP contribution in [0.25, 0.3) is 0 Å². The van der Waals surface area contributed by atoms with E-state index in [1.807, 2.05) is 0 Å². The Labute approximate surface area is 77.1 Å². The molecule has 0 aromatic heterocycles. The van der Waals surface area contributed by atoms with E-state index in [1.54, 1.807) is 6.92 Å². The Balaban J connectivity index is 2.47. The second-order valence-corrected chi connectivity index (χ2v) is 4.12. The highest BCUT2D eigenvalue weighted by atomic mass is 16.4. The van der Waals surface area contributed by atoms with E-state index >= 15 is 0 Å². The Bertz CT molecular complexity index is 295. The lowest BCUT2D eigenvalue weighted by Gasteiger charge is -2.42. The molecule has 2 rings (SSSR count). The maximum Gasteiger partial charge on any atom is 0.190 e. The molecular formula is C10H14O3. The first-order valence-electron chi connectivity index (χ1n) is 4.69. The molecule has 2 atom stereocenters. The molecule has 3 heteroatoms. The predicted octanol–water partition coefficient (Wildman–Crippen LogP) is 0.552. The van der Waals surface area contributed by atoms with Crippen LogP contribution in [0, 0.1) is 0 Å². The zero-order valence-corrected chi connectivity index (χ0v) is 7.71. The first-order chi connectivity index (χ1) is 6.01. The van der Waals surface area contributed by atoms with Crippen molar-refractivity contribution in [2.24, 2.45) is 0 Å². The molecule has 1 fully saturated rings. The number of fused-ring (bicyclic) bond motifs is 1. The van der Waals surface area contributed by atoms with Gasteiger partial charge in [0.05, 0.1) is 0 Å². The normalized spacial score (nSPS) is 44.5. The maximum absolute atomic E-state index is 11.5. The lowest BCUT2D eigenvalue weighted by Crippen LogP contribution is -2.57. The van der Waals surface area contributed by atoms with Crippen molar-refractivity contribution in [3.05, 3.63) is 11.6 Å². The minimum Gasteiger partial charge on any atom is -0.382 e. The molecule has 1 saturated carbocycles. The molecular weight excluding hydrogens is 168 g/mol. The van der Waals surface area contributed by atoms with E-state index in [1.165, 1.54) is 6.08 Å². The largest absolute Gasteiger partial charge is 0.382 e. The summed E-state index contributed by atoms with van der Waals surface area (Å²) in [6.45, 7) is 1.71. The van der Waals surface area contributed by atoms with Gasteiger partial charge in [-0.3, -0.25) is 4.79 Å². The summed E-state index contributed by atoms with van der Waals surface area (Å²) in [5, 5.41) is 20.2. The molecule has 0 unspecified atom stereocenters. The van der Waals surface area contributed by atoms with Crippen molar-refractivity contribution in [2.75, 3.05) is 0 Å². The van der Waals surface area contributed by atoms with Gasteiger partial charge in [0.15, 0.2) is 11.4 Å². The molecule has 13 heavy (non-hydrogen) atoms. The van der Waals surface area contributed by atoms with Crippen LogP contribution in [0.15, 0.2) is 11.6 Å². The molecule has 0 radical (unpaired) electrons. The molecule has 0 heterocycles. The van der Waals surface area contributed by atoms with Gasteiger partial charge in [-0.15, -0.1) is 0 Å². The Morgan fingerprint density at radius 3 is 2.31 bits per heavy atom. The second-order valence-electron chi connectivity index (χ2n) is 4.12. The number of ketones is 1. The first kappa shape index (κ1) is 8.91. The van der Waals surface area contributed by atoms with Crippen molar-refractivity contribution >= 4 is 5.78 Å². The first-order valence-corrected chi connectivity index (χ1v) is 4.69. The SMILES string of the molecule is CC1=CC(=O)[C@@]2(O)CCCC[C@@]12O. The van der Waals surface area contributed by atoms with E-state index in [-0.39, 0.29) is 5.78 Å². The fourth-order valence-corrected chi connectivity index (χ4v) is 2.46. The molecule has 2 aliphatic carbocycles. The van der Waals surface area contributed by atoms with Crippen molar-refractivity contribution in [3.63, 3.8) is 0 Å². The van der Waals surface area contributed by atoms with Crippen molar-refractivity contribution < 1.29 is 15.0 Å². The number of carbonyl (C=O) groups is 1. The third kappa shape index (κ3) is 0.888. The van der Waals surface area contributed by atoms with E-state index < -0.39 is 11.2 Å². The highest BCUT2D eigenvalue weighted by Crippen LogP contribution is 2.46. The lowest BCUT2D eigenvalue weighted by molar-refractivity contribution is -0.164. The molecule has 0 saturated heterocycles. The standard InChI is InChI=1S/C10H14O3/c1-7-6-8(11)10(13)5-3-2-4-9(7,10)12/h6,12-13H,2-5H2,1H3/t9-,10+/m1/s1. The topological polar surface area (TPSA) is 57.5 Å². The van der Waals surface area contributed by atoms with Gasteiger partial charge in [-0.1, -0.05) is 0 Å². The summed E-state index contributed by atoms with van der Waals surface area (Å²) < 4.78 is 0.